The lowest BCUT2D eigenvalue weighted by Gasteiger charge is -2.13. The molecule has 0 saturated carbocycles. The number of nitrogens with one attached hydrogen (secondary N) is 2. The van der Waals surface area contributed by atoms with E-state index in [0.29, 0.717) is 29.6 Å². The number of ether oxygens (including phenoxy) is 1. The van der Waals surface area contributed by atoms with Gasteiger partial charge < -0.3 is 20.3 Å². The molecular weight excluding hydrogens is 366 g/mol. The van der Waals surface area contributed by atoms with Crippen LogP contribution >= 0.6 is 0 Å². The van der Waals surface area contributed by atoms with Gasteiger partial charge in [0.25, 0.3) is 5.91 Å². The number of hydrogen-bond acceptors (Lipinski definition) is 6. The minimum atomic E-state index is -0.289. The van der Waals surface area contributed by atoms with Gasteiger partial charge in [0.2, 0.25) is 0 Å². The second-order valence-electron chi connectivity index (χ2n) is 6.66. The molecule has 3 rings (SSSR count). The SMILES string of the molecule is CCOc1ccc(Nc2cc(C(=O)Nc3ccc(N(C)C)cc3)nc(C)n2)cc1. The number of carbonyl (C=O) groups is 1. The molecule has 7 heteroatoms. The van der Waals surface area contributed by atoms with Gasteiger partial charge in [-0.2, -0.15) is 0 Å². The first-order chi connectivity index (χ1) is 13.9. The van der Waals surface area contributed by atoms with E-state index in [9.17, 15) is 4.79 Å². The fourth-order valence-electron chi connectivity index (χ4n) is 2.74. The van der Waals surface area contributed by atoms with Gasteiger partial charge in [0.05, 0.1) is 6.61 Å². The molecule has 7 nitrogen and oxygen atoms in total. The Bertz CT molecular complexity index is 969. The highest BCUT2D eigenvalue weighted by Crippen LogP contribution is 2.20. The number of aryl methyl sites for hydroxylation is 1. The Morgan fingerprint density at radius 3 is 2.28 bits per heavy atom. The number of carbonyl (C=O) groups excluding carboxylic acids is 1. The third-order valence-corrected chi connectivity index (χ3v) is 4.15. The quantitative estimate of drug-likeness (QED) is 0.627. The minimum absolute atomic E-state index is 0.289. The molecule has 1 amide bonds. The number of rotatable bonds is 7. The Hall–Kier alpha value is -3.61. The molecule has 2 N–H and O–H groups in total. The molecule has 0 aliphatic heterocycles. The van der Waals surface area contributed by atoms with E-state index in [0.717, 1.165) is 17.1 Å². The summed E-state index contributed by atoms with van der Waals surface area (Å²) >= 11 is 0. The summed E-state index contributed by atoms with van der Waals surface area (Å²) in [6.45, 7) is 4.32. The lowest BCUT2D eigenvalue weighted by atomic mass is 10.2. The Kier molecular flexibility index (Phi) is 6.29. The molecule has 0 aliphatic rings. The molecule has 29 heavy (non-hydrogen) atoms. The molecule has 0 unspecified atom stereocenters. The van der Waals surface area contributed by atoms with Crippen molar-refractivity contribution >= 4 is 28.8 Å². The number of nitrogens with zero attached hydrogens (tertiary/aromatic N) is 3. The normalized spacial score (nSPS) is 10.3. The minimum Gasteiger partial charge on any atom is -0.494 e. The Balaban J connectivity index is 1.72. The van der Waals surface area contributed by atoms with E-state index in [2.05, 4.69) is 20.6 Å². The number of anilines is 4. The maximum atomic E-state index is 12.7. The molecule has 3 aromatic rings. The van der Waals surface area contributed by atoms with Crippen LogP contribution in [0.25, 0.3) is 0 Å². The van der Waals surface area contributed by atoms with Crippen LogP contribution in [0.3, 0.4) is 0 Å². The summed E-state index contributed by atoms with van der Waals surface area (Å²) in [5.74, 6) is 1.57. The Morgan fingerprint density at radius 1 is 1.00 bits per heavy atom. The van der Waals surface area contributed by atoms with Gasteiger partial charge in [0.1, 0.15) is 23.1 Å². The number of amides is 1. The smallest absolute Gasteiger partial charge is 0.274 e. The van der Waals surface area contributed by atoms with E-state index in [-0.39, 0.29) is 5.91 Å². The van der Waals surface area contributed by atoms with Crippen LogP contribution in [-0.2, 0) is 0 Å². The first-order valence-electron chi connectivity index (χ1n) is 9.39. The molecule has 0 spiro atoms. The summed E-state index contributed by atoms with van der Waals surface area (Å²) in [4.78, 5) is 23.3. The molecule has 150 valence electrons. The van der Waals surface area contributed by atoms with Crippen LogP contribution in [0, 0.1) is 6.92 Å². The van der Waals surface area contributed by atoms with Crippen LogP contribution in [0.15, 0.2) is 54.6 Å². The van der Waals surface area contributed by atoms with E-state index >= 15 is 0 Å². The number of benzene rings is 2. The van der Waals surface area contributed by atoms with Gasteiger partial charge in [-0.15, -0.1) is 0 Å². The van der Waals surface area contributed by atoms with Gasteiger partial charge in [-0.05, 0) is 62.4 Å². The van der Waals surface area contributed by atoms with Crippen molar-refractivity contribution < 1.29 is 9.53 Å². The highest BCUT2D eigenvalue weighted by atomic mass is 16.5. The second-order valence-corrected chi connectivity index (χ2v) is 6.66. The molecule has 0 fully saturated rings. The van der Waals surface area contributed by atoms with Crippen LogP contribution < -0.4 is 20.3 Å². The fourth-order valence-corrected chi connectivity index (χ4v) is 2.74. The molecule has 1 heterocycles. The highest BCUT2D eigenvalue weighted by molar-refractivity contribution is 6.03. The molecule has 0 atom stereocenters. The average molecular weight is 391 g/mol. The van der Waals surface area contributed by atoms with Crippen LogP contribution in [-0.4, -0.2) is 36.6 Å². The van der Waals surface area contributed by atoms with Crippen molar-refractivity contribution in [3.05, 3.63) is 66.1 Å². The van der Waals surface area contributed by atoms with E-state index in [1.54, 1.807) is 13.0 Å². The first-order valence-corrected chi connectivity index (χ1v) is 9.39. The van der Waals surface area contributed by atoms with Crippen molar-refractivity contribution in [3.8, 4) is 5.75 Å². The van der Waals surface area contributed by atoms with Crippen LogP contribution in [0.4, 0.5) is 22.9 Å². The van der Waals surface area contributed by atoms with Gasteiger partial charge in [0.15, 0.2) is 0 Å². The largest absolute Gasteiger partial charge is 0.494 e. The van der Waals surface area contributed by atoms with Gasteiger partial charge in [0, 0.05) is 37.2 Å². The van der Waals surface area contributed by atoms with E-state index in [4.69, 9.17) is 4.74 Å². The molecule has 0 radical (unpaired) electrons. The van der Waals surface area contributed by atoms with Gasteiger partial charge in [-0.1, -0.05) is 0 Å². The third-order valence-electron chi connectivity index (χ3n) is 4.15. The zero-order valence-corrected chi connectivity index (χ0v) is 17.1. The fraction of sp³-hybridized carbons (Fsp3) is 0.227. The third kappa shape index (κ3) is 5.44. The molecule has 2 aromatic carbocycles. The summed E-state index contributed by atoms with van der Waals surface area (Å²) in [5, 5.41) is 6.07. The first kappa shape index (κ1) is 20.1. The molecule has 0 aliphatic carbocycles. The van der Waals surface area contributed by atoms with E-state index in [1.165, 1.54) is 0 Å². The van der Waals surface area contributed by atoms with Crippen LogP contribution in [0.5, 0.6) is 5.75 Å². The van der Waals surface area contributed by atoms with Crippen molar-refractivity contribution in [2.24, 2.45) is 0 Å². The number of aromatic nitrogens is 2. The Labute approximate surface area is 170 Å². The zero-order chi connectivity index (χ0) is 20.8. The van der Waals surface area contributed by atoms with E-state index < -0.39 is 0 Å². The van der Waals surface area contributed by atoms with Gasteiger partial charge >= 0.3 is 0 Å². The summed E-state index contributed by atoms with van der Waals surface area (Å²) < 4.78 is 5.45. The molecular formula is C22H25N5O2. The summed E-state index contributed by atoms with van der Waals surface area (Å²) in [7, 11) is 3.94. The van der Waals surface area contributed by atoms with Crippen molar-refractivity contribution in [2.45, 2.75) is 13.8 Å². The number of hydrogen-bond donors (Lipinski definition) is 2. The molecule has 1 aromatic heterocycles. The molecule has 0 bridgehead atoms. The predicted molar refractivity (Wildman–Crippen MR) is 116 cm³/mol. The highest BCUT2D eigenvalue weighted by Gasteiger charge is 2.11. The van der Waals surface area contributed by atoms with Crippen LogP contribution in [0.2, 0.25) is 0 Å². The van der Waals surface area contributed by atoms with Crippen molar-refractivity contribution in [1.82, 2.24) is 9.97 Å². The lowest BCUT2D eigenvalue weighted by Crippen LogP contribution is -2.15. The topological polar surface area (TPSA) is 79.4 Å². The predicted octanol–water partition coefficient (Wildman–Crippen LogP) is 4.25. The summed E-state index contributed by atoms with van der Waals surface area (Å²) in [6, 6.07) is 16.8. The monoisotopic (exact) mass is 391 g/mol. The van der Waals surface area contributed by atoms with E-state index in [1.807, 2.05) is 74.4 Å². The van der Waals surface area contributed by atoms with Crippen molar-refractivity contribution in [2.75, 3.05) is 36.2 Å². The summed E-state index contributed by atoms with van der Waals surface area (Å²) in [6.07, 6.45) is 0. The maximum absolute atomic E-state index is 12.7. The van der Waals surface area contributed by atoms with Crippen molar-refractivity contribution in [1.29, 1.82) is 0 Å². The van der Waals surface area contributed by atoms with Crippen molar-refractivity contribution in [3.63, 3.8) is 0 Å². The van der Waals surface area contributed by atoms with Gasteiger partial charge in [-0.25, -0.2) is 9.97 Å². The summed E-state index contributed by atoms with van der Waals surface area (Å²) in [5.41, 5.74) is 2.90. The lowest BCUT2D eigenvalue weighted by molar-refractivity contribution is 0.102. The Morgan fingerprint density at radius 2 is 1.66 bits per heavy atom. The van der Waals surface area contributed by atoms with Crippen LogP contribution in [0.1, 0.15) is 23.2 Å². The molecule has 0 saturated heterocycles. The maximum Gasteiger partial charge on any atom is 0.274 e. The second kappa shape index (κ2) is 9.05. The zero-order valence-electron chi connectivity index (χ0n) is 17.1. The average Bonchev–Trinajstić information content (AvgIpc) is 2.69. The van der Waals surface area contributed by atoms with Gasteiger partial charge in [-0.3, -0.25) is 4.79 Å². The standard InChI is InChI=1S/C22H25N5O2/c1-5-29-19-12-8-16(9-13-19)25-21-14-20(23-15(2)24-21)22(28)26-17-6-10-18(11-7-17)27(3)4/h6-14H,5H2,1-4H3,(H,26,28)(H,23,24,25).